The maximum absolute atomic E-state index is 9.32. The van der Waals surface area contributed by atoms with E-state index in [1.54, 1.807) is 26.1 Å². The lowest BCUT2D eigenvalue weighted by Crippen LogP contribution is -2.14. The topological polar surface area (TPSA) is 46.0 Å². The van der Waals surface area contributed by atoms with Crippen LogP contribution in [0.5, 0.6) is 0 Å². The quantitative estimate of drug-likeness (QED) is 0.597. The van der Waals surface area contributed by atoms with E-state index in [-0.39, 0.29) is 0 Å². The molecule has 0 aliphatic rings. The molecule has 13 heavy (non-hydrogen) atoms. The molecule has 1 aromatic rings. The van der Waals surface area contributed by atoms with E-state index in [2.05, 4.69) is 21.8 Å². The molecule has 1 rings (SSSR count). The van der Waals surface area contributed by atoms with Gasteiger partial charge in [0.25, 0.3) is 0 Å². The molecule has 68 valence electrons. The summed E-state index contributed by atoms with van der Waals surface area (Å²) in [6, 6.07) is 1.80. The van der Waals surface area contributed by atoms with E-state index < -0.39 is 5.60 Å². The Morgan fingerprint density at radius 3 is 2.69 bits per heavy atom. The second kappa shape index (κ2) is 3.55. The van der Waals surface area contributed by atoms with Gasteiger partial charge in [-0.05, 0) is 32.8 Å². The van der Waals surface area contributed by atoms with Gasteiger partial charge in [-0.2, -0.15) is 0 Å². The first-order valence-corrected chi connectivity index (χ1v) is 4.02. The second-order valence-electron chi connectivity index (χ2n) is 3.33. The Labute approximate surface area is 77.9 Å². The molecule has 1 heterocycles. The molecule has 1 N–H and O–H groups in total. The highest BCUT2D eigenvalue weighted by Crippen LogP contribution is 1.98. The highest BCUT2D eigenvalue weighted by Gasteiger charge is 2.05. The largest absolute Gasteiger partial charge is 0.378 e. The van der Waals surface area contributed by atoms with Crippen molar-refractivity contribution in [2.45, 2.75) is 26.4 Å². The molecular formula is C10H12N2O. The average molecular weight is 176 g/mol. The van der Waals surface area contributed by atoms with Crippen molar-refractivity contribution in [3.8, 4) is 11.8 Å². The van der Waals surface area contributed by atoms with Gasteiger partial charge >= 0.3 is 0 Å². The van der Waals surface area contributed by atoms with Crippen LogP contribution in [0.4, 0.5) is 0 Å². The number of hydrogen-bond acceptors (Lipinski definition) is 3. The smallest absolute Gasteiger partial charge is 0.205 e. The molecule has 0 aliphatic heterocycles. The average Bonchev–Trinajstić information content (AvgIpc) is 2.00. The maximum atomic E-state index is 9.32. The fraction of sp³-hybridized carbons (Fsp3) is 0.400. The van der Waals surface area contributed by atoms with Crippen molar-refractivity contribution in [1.82, 2.24) is 9.97 Å². The Morgan fingerprint density at radius 2 is 2.15 bits per heavy atom. The summed E-state index contributed by atoms with van der Waals surface area (Å²) < 4.78 is 0. The Hall–Kier alpha value is -1.40. The van der Waals surface area contributed by atoms with E-state index in [1.807, 2.05) is 6.92 Å². The van der Waals surface area contributed by atoms with Gasteiger partial charge in [-0.25, -0.2) is 9.97 Å². The van der Waals surface area contributed by atoms with E-state index in [1.165, 1.54) is 0 Å². The molecule has 0 atom stereocenters. The van der Waals surface area contributed by atoms with Gasteiger partial charge in [0.2, 0.25) is 5.82 Å². The summed E-state index contributed by atoms with van der Waals surface area (Å²) in [5, 5.41) is 9.32. The van der Waals surface area contributed by atoms with Crippen molar-refractivity contribution in [3.63, 3.8) is 0 Å². The summed E-state index contributed by atoms with van der Waals surface area (Å²) in [5.41, 5.74) is -0.123. The van der Waals surface area contributed by atoms with Crippen LogP contribution in [-0.2, 0) is 0 Å². The molecule has 0 fully saturated rings. The summed E-state index contributed by atoms with van der Waals surface area (Å²) in [6.45, 7) is 5.11. The van der Waals surface area contributed by atoms with Crippen LogP contribution in [0.1, 0.15) is 25.4 Å². The van der Waals surface area contributed by atoms with Gasteiger partial charge in [-0.1, -0.05) is 5.92 Å². The van der Waals surface area contributed by atoms with Crippen molar-refractivity contribution < 1.29 is 5.11 Å². The number of aromatic nitrogens is 2. The van der Waals surface area contributed by atoms with Gasteiger partial charge in [0.05, 0.1) is 0 Å². The second-order valence-corrected chi connectivity index (χ2v) is 3.33. The van der Waals surface area contributed by atoms with Crippen LogP contribution in [0.25, 0.3) is 0 Å². The van der Waals surface area contributed by atoms with Gasteiger partial charge in [-0.3, -0.25) is 0 Å². The Bertz CT molecular complexity index is 355. The van der Waals surface area contributed by atoms with Crippen LogP contribution in [0.3, 0.4) is 0 Å². The SMILES string of the molecule is Cc1ccnc(C#CC(C)(C)O)n1. The fourth-order valence-corrected chi connectivity index (χ4v) is 0.718. The van der Waals surface area contributed by atoms with Crippen LogP contribution < -0.4 is 0 Å². The highest BCUT2D eigenvalue weighted by atomic mass is 16.3. The maximum Gasteiger partial charge on any atom is 0.205 e. The van der Waals surface area contributed by atoms with E-state index >= 15 is 0 Å². The molecule has 0 spiro atoms. The summed E-state index contributed by atoms with van der Waals surface area (Å²) in [7, 11) is 0. The number of aryl methyl sites for hydroxylation is 1. The van der Waals surface area contributed by atoms with E-state index in [9.17, 15) is 5.11 Å². The first-order chi connectivity index (χ1) is 5.97. The van der Waals surface area contributed by atoms with Crippen molar-refractivity contribution >= 4 is 0 Å². The van der Waals surface area contributed by atoms with Gasteiger partial charge in [0, 0.05) is 11.9 Å². The molecule has 1 aromatic heterocycles. The number of aliphatic hydroxyl groups is 1. The summed E-state index contributed by atoms with van der Waals surface area (Å²) in [5.74, 6) is 5.80. The fourth-order valence-electron chi connectivity index (χ4n) is 0.718. The van der Waals surface area contributed by atoms with Crippen LogP contribution in [0.2, 0.25) is 0 Å². The lowest BCUT2D eigenvalue weighted by atomic mass is 10.1. The van der Waals surface area contributed by atoms with E-state index in [0.717, 1.165) is 5.69 Å². The molecule has 0 saturated carbocycles. The van der Waals surface area contributed by atoms with Crippen molar-refractivity contribution in [1.29, 1.82) is 0 Å². The van der Waals surface area contributed by atoms with Crippen LogP contribution in [-0.4, -0.2) is 20.7 Å². The first-order valence-electron chi connectivity index (χ1n) is 4.02. The van der Waals surface area contributed by atoms with Gasteiger partial charge in [0.15, 0.2) is 0 Å². The molecule has 0 saturated heterocycles. The molecule has 3 nitrogen and oxygen atoms in total. The molecule has 0 aromatic carbocycles. The highest BCUT2D eigenvalue weighted by molar-refractivity contribution is 5.24. The molecule has 0 bridgehead atoms. The van der Waals surface area contributed by atoms with Crippen LogP contribution >= 0.6 is 0 Å². The van der Waals surface area contributed by atoms with Crippen molar-refractivity contribution in [2.75, 3.05) is 0 Å². The van der Waals surface area contributed by atoms with Crippen LogP contribution in [0.15, 0.2) is 12.3 Å². The lowest BCUT2D eigenvalue weighted by Gasteiger charge is -2.05. The first kappa shape index (κ1) is 9.69. The summed E-state index contributed by atoms with van der Waals surface area (Å²) >= 11 is 0. The molecule has 0 aliphatic carbocycles. The Morgan fingerprint density at radius 1 is 1.46 bits per heavy atom. The third kappa shape index (κ3) is 3.68. The van der Waals surface area contributed by atoms with Crippen LogP contribution in [0, 0.1) is 18.8 Å². The third-order valence-electron chi connectivity index (χ3n) is 1.28. The van der Waals surface area contributed by atoms with E-state index in [4.69, 9.17) is 0 Å². The third-order valence-corrected chi connectivity index (χ3v) is 1.28. The minimum atomic E-state index is -0.993. The Kier molecular flexibility index (Phi) is 2.64. The molecule has 0 amide bonds. The normalized spacial score (nSPS) is 10.5. The van der Waals surface area contributed by atoms with Crippen molar-refractivity contribution in [3.05, 3.63) is 23.8 Å². The minimum absolute atomic E-state index is 0.446. The molecular weight excluding hydrogens is 164 g/mol. The van der Waals surface area contributed by atoms with Gasteiger partial charge in [-0.15, -0.1) is 0 Å². The standard InChI is InChI=1S/C10H12N2O/c1-8-5-7-11-9(12-8)4-6-10(2,3)13/h5,7,13H,1-3H3. The molecule has 0 radical (unpaired) electrons. The van der Waals surface area contributed by atoms with Gasteiger partial charge < -0.3 is 5.11 Å². The number of hydrogen-bond donors (Lipinski definition) is 1. The number of rotatable bonds is 0. The van der Waals surface area contributed by atoms with Gasteiger partial charge in [0.1, 0.15) is 5.60 Å². The van der Waals surface area contributed by atoms with Crippen molar-refractivity contribution in [2.24, 2.45) is 0 Å². The predicted octanol–water partition coefficient (Wildman–Crippen LogP) is 0.907. The summed E-state index contributed by atoms with van der Waals surface area (Å²) in [6.07, 6.45) is 1.65. The monoisotopic (exact) mass is 176 g/mol. The number of nitrogens with zero attached hydrogens (tertiary/aromatic N) is 2. The minimum Gasteiger partial charge on any atom is -0.378 e. The zero-order chi connectivity index (χ0) is 9.90. The molecule has 0 unspecified atom stereocenters. The molecule has 3 heteroatoms. The lowest BCUT2D eigenvalue weighted by molar-refractivity contribution is 0.143. The zero-order valence-electron chi connectivity index (χ0n) is 8.00. The Balaban J connectivity index is 2.90. The zero-order valence-corrected chi connectivity index (χ0v) is 8.00. The predicted molar refractivity (Wildman–Crippen MR) is 49.9 cm³/mol. The van der Waals surface area contributed by atoms with E-state index in [0.29, 0.717) is 5.82 Å². The summed E-state index contributed by atoms with van der Waals surface area (Å²) in [4.78, 5) is 8.03.